The van der Waals surface area contributed by atoms with Gasteiger partial charge >= 0.3 is 12.0 Å². The average molecular weight is 294 g/mol. The molecule has 0 aliphatic heterocycles. The highest BCUT2D eigenvalue weighted by atomic mass is 16.5. The molecule has 0 saturated carbocycles. The van der Waals surface area contributed by atoms with Crippen molar-refractivity contribution in [3.05, 3.63) is 29.8 Å². The Morgan fingerprint density at radius 1 is 1.24 bits per heavy atom. The Bertz CT molecular complexity index is 473. The zero-order chi connectivity index (χ0) is 15.8. The molecule has 21 heavy (non-hydrogen) atoms. The number of ether oxygens (including phenoxy) is 1. The summed E-state index contributed by atoms with van der Waals surface area (Å²) in [5.74, 6) is -0.249. The predicted molar refractivity (Wildman–Crippen MR) is 79.4 cm³/mol. The number of aliphatic carboxylic acids is 1. The van der Waals surface area contributed by atoms with E-state index in [0.717, 1.165) is 17.7 Å². The third kappa shape index (κ3) is 5.33. The Hall–Kier alpha value is -2.24. The molecule has 0 unspecified atom stereocenters. The maximum atomic E-state index is 12.3. The fourth-order valence-corrected chi connectivity index (χ4v) is 1.99. The largest absolute Gasteiger partial charge is 0.497 e. The summed E-state index contributed by atoms with van der Waals surface area (Å²) in [6.45, 7) is 2.48. The smallest absolute Gasteiger partial charge is 0.323 e. The molecule has 1 N–H and O–H groups in total. The van der Waals surface area contributed by atoms with Gasteiger partial charge in [-0.2, -0.15) is 0 Å². The second-order valence-corrected chi connectivity index (χ2v) is 4.80. The lowest BCUT2D eigenvalue weighted by Crippen LogP contribution is -2.43. The first-order valence-electron chi connectivity index (χ1n) is 6.82. The first-order chi connectivity index (χ1) is 9.97. The molecule has 1 aromatic rings. The summed E-state index contributed by atoms with van der Waals surface area (Å²) in [6.07, 6.45) is 0.718. The Balaban J connectivity index is 2.68. The van der Waals surface area contributed by atoms with Crippen LogP contribution in [0.2, 0.25) is 0 Å². The lowest BCUT2D eigenvalue weighted by atomic mass is 10.2. The van der Waals surface area contributed by atoms with Crippen molar-refractivity contribution in [2.24, 2.45) is 0 Å². The SMILES string of the molecule is CCCN(CC(=O)O)C(=O)N(C)Cc1ccc(OC)cc1. The minimum absolute atomic E-state index is 0.278. The Labute approximate surface area is 124 Å². The van der Waals surface area contributed by atoms with Gasteiger partial charge in [0, 0.05) is 20.1 Å². The lowest BCUT2D eigenvalue weighted by molar-refractivity contribution is -0.137. The number of carboxylic acid groups (broad SMARTS) is 1. The second kappa shape index (κ2) is 8.14. The van der Waals surface area contributed by atoms with E-state index in [4.69, 9.17) is 9.84 Å². The monoisotopic (exact) mass is 294 g/mol. The van der Waals surface area contributed by atoms with E-state index in [1.165, 1.54) is 9.80 Å². The van der Waals surface area contributed by atoms with Crippen LogP contribution in [0.15, 0.2) is 24.3 Å². The van der Waals surface area contributed by atoms with Crippen LogP contribution >= 0.6 is 0 Å². The number of rotatable bonds is 7. The Morgan fingerprint density at radius 3 is 2.33 bits per heavy atom. The number of methoxy groups -OCH3 is 1. The van der Waals surface area contributed by atoms with Gasteiger partial charge < -0.3 is 19.6 Å². The number of hydrogen-bond acceptors (Lipinski definition) is 3. The van der Waals surface area contributed by atoms with Crippen molar-refractivity contribution in [2.75, 3.05) is 27.2 Å². The van der Waals surface area contributed by atoms with E-state index in [0.29, 0.717) is 13.1 Å². The number of benzene rings is 1. The molecular weight excluding hydrogens is 272 g/mol. The standard InChI is InChI=1S/C15H22N2O4/c1-4-9-17(11-14(18)19)15(20)16(2)10-12-5-7-13(21-3)8-6-12/h5-8H,4,9-11H2,1-3H3,(H,18,19). The molecule has 0 saturated heterocycles. The molecule has 116 valence electrons. The highest BCUT2D eigenvalue weighted by Gasteiger charge is 2.19. The van der Waals surface area contributed by atoms with Gasteiger partial charge in [-0.15, -0.1) is 0 Å². The topological polar surface area (TPSA) is 70.1 Å². The van der Waals surface area contributed by atoms with Crippen molar-refractivity contribution in [1.82, 2.24) is 9.80 Å². The third-order valence-corrected chi connectivity index (χ3v) is 3.00. The van der Waals surface area contributed by atoms with E-state index in [1.54, 1.807) is 14.2 Å². The molecule has 6 nitrogen and oxygen atoms in total. The van der Waals surface area contributed by atoms with Gasteiger partial charge in [0.05, 0.1) is 7.11 Å². The highest BCUT2D eigenvalue weighted by molar-refractivity contribution is 5.80. The quantitative estimate of drug-likeness (QED) is 0.835. The fraction of sp³-hybridized carbons (Fsp3) is 0.467. The van der Waals surface area contributed by atoms with Crippen LogP contribution in [0.1, 0.15) is 18.9 Å². The van der Waals surface area contributed by atoms with E-state index in [2.05, 4.69) is 0 Å². The normalized spacial score (nSPS) is 10.0. The van der Waals surface area contributed by atoms with E-state index >= 15 is 0 Å². The third-order valence-electron chi connectivity index (χ3n) is 3.00. The summed E-state index contributed by atoms with van der Waals surface area (Å²) in [6, 6.07) is 7.13. The molecule has 0 bridgehead atoms. The molecule has 0 aliphatic carbocycles. The van der Waals surface area contributed by atoms with Crippen molar-refractivity contribution in [3.8, 4) is 5.75 Å². The first kappa shape index (κ1) is 16.8. The minimum Gasteiger partial charge on any atom is -0.497 e. The van der Waals surface area contributed by atoms with Crippen LogP contribution in [0.25, 0.3) is 0 Å². The van der Waals surface area contributed by atoms with Gasteiger partial charge in [-0.05, 0) is 24.1 Å². The van der Waals surface area contributed by atoms with Crippen LogP contribution in [-0.4, -0.2) is 54.2 Å². The van der Waals surface area contributed by atoms with Gasteiger partial charge in [0.15, 0.2) is 0 Å². The van der Waals surface area contributed by atoms with Crippen LogP contribution in [-0.2, 0) is 11.3 Å². The number of hydrogen-bond donors (Lipinski definition) is 1. The number of carboxylic acids is 1. The Morgan fingerprint density at radius 2 is 1.86 bits per heavy atom. The summed E-state index contributed by atoms with van der Waals surface area (Å²) in [5.41, 5.74) is 0.957. The molecular formula is C15H22N2O4. The van der Waals surface area contributed by atoms with Gasteiger partial charge in [0.1, 0.15) is 12.3 Å². The van der Waals surface area contributed by atoms with E-state index in [9.17, 15) is 9.59 Å². The van der Waals surface area contributed by atoms with E-state index < -0.39 is 5.97 Å². The van der Waals surface area contributed by atoms with Gasteiger partial charge in [-0.25, -0.2) is 4.79 Å². The average Bonchev–Trinajstić information content (AvgIpc) is 2.46. The highest BCUT2D eigenvalue weighted by Crippen LogP contribution is 2.13. The second-order valence-electron chi connectivity index (χ2n) is 4.80. The van der Waals surface area contributed by atoms with Crippen LogP contribution < -0.4 is 4.74 Å². The summed E-state index contributed by atoms with van der Waals surface area (Å²) in [4.78, 5) is 25.9. The number of carbonyl (C=O) groups is 2. The molecule has 0 aliphatic rings. The Kier molecular flexibility index (Phi) is 6.52. The number of urea groups is 1. The van der Waals surface area contributed by atoms with E-state index in [-0.39, 0.29) is 12.6 Å². The van der Waals surface area contributed by atoms with Gasteiger partial charge in [-0.3, -0.25) is 4.79 Å². The minimum atomic E-state index is -1.00. The molecule has 0 spiro atoms. The summed E-state index contributed by atoms with van der Waals surface area (Å²) < 4.78 is 5.08. The molecule has 0 radical (unpaired) electrons. The lowest BCUT2D eigenvalue weighted by Gasteiger charge is -2.26. The maximum absolute atomic E-state index is 12.3. The van der Waals surface area contributed by atoms with Crippen molar-refractivity contribution >= 4 is 12.0 Å². The van der Waals surface area contributed by atoms with Crippen molar-refractivity contribution in [1.29, 1.82) is 0 Å². The molecule has 0 fully saturated rings. The van der Waals surface area contributed by atoms with Gasteiger partial charge in [0.25, 0.3) is 0 Å². The molecule has 1 rings (SSSR count). The van der Waals surface area contributed by atoms with Crippen LogP contribution in [0.4, 0.5) is 4.79 Å². The molecule has 6 heteroatoms. The fourth-order valence-electron chi connectivity index (χ4n) is 1.99. The zero-order valence-electron chi connectivity index (χ0n) is 12.7. The molecule has 0 heterocycles. The first-order valence-corrected chi connectivity index (χ1v) is 6.82. The molecule has 1 aromatic carbocycles. The number of nitrogens with zero attached hydrogens (tertiary/aromatic N) is 2. The van der Waals surface area contributed by atoms with Crippen LogP contribution in [0.5, 0.6) is 5.75 Å². The summed E-state index contributed by atoms with van der Waals surface area (Å²) >= 11 is 0. The maximum Gasteiger partial charge on any atom is 0.323 e. The molecule has 0 aromatic heterocycles. The van der Waals surface area contributed by atoms with Gasteiger partial charge in [0.2, 0.25) is 0 Å². The summed E-state index contributed by atoms with van der Waals surface area (Å²) in [7, 11) is 3.26. The van der Waals surface area contributed by atoms with Crippen molar-refractivity contribution in [3.63, 3.8) is 0 Å². The number of carbonyl (C=O) groups excluding carboxylic acids is 1. The van der Waals surface area contributed by atoms with Crippen LogP contribution in [0.3, 0.4) is 0 Å². The summed E-state index contributed by atoms with van der Waals surface area (Å²) in [5, 5.41) is 8.86. The number of amides is 2. The predicted octanol–water partition coefficient (Wildman–Crippen LogP) is 2.04. The van der Waals surface area contributed by atoms with Gasteiger partial charge in [-0.1, -0.05) is 19.1 Å². The van der Waals surface area contributed by atoms with Crippen molar-refractivity contribution < 1.29 is 19.4 Å². The van der Waals surface area contributed by atoms with Crippen molar-refractivity contribution in [2.45, 2.75) is 19.9 Å². The molecule has 2 amide bonds. The molecule has 0 atom stereocenters. The van der Waals surface area contributed by atoms with Crippen LogP contribution in [0, 0.1) is 0 Å². The van der Waals surface area contributed by atoms with E-state index in [1.807, 2.05) is 31.2 Å². The zero-order valence-corrected chi connectivity index (χ0v) is 12.7.